The van der Waals surface area contributed by atoms with Gasteiger partial charge in [-0.2, -0.15) is 0 Å². The summed E-state index contributed by atoms with van der Waals surface area (Å²) in [4.78, 5) is 14.9. The first-order valence-electron chi connectivity index (χ1n) is 8.57. The van der Waals surface area contributed by atoms with Crippen molar-refractivity contribution >= 4 is 11.6 Å². The Kier molecular flexibility index (Phi) is 6.04. The number of benzene rings is 2. The van der Waals surface area contributed by atoms with Gasteiger partial charge in [0.05, 0.1) is 24.9 Å². The molecule has 1 aliphatic heterocycles. The third-order valence-electron chi connectivity index (χ3n) is 4.40. The third kappa shape index (κ3) is 4.38. The maximum Gasteiger partial charge on any atom is 0.253 e. The van der Waals surface area contributed by atoms with Gasteiger partial charge in [0.1, 0.15) is 0 Å². The summed E-state index contributed by atoms with van der Waals surface area (Å²) in [6.07, 6.45) is -0.166. The van der Waals surface area contributed by atoms with Gasteiger partial charge in [-0.05, 0) is 17.7 Å². The van der Waals surface area contributed by atoms with Crippen molar-refractivity contribution in [2.75, 3.05) is 44.9 Å². The van der Waals surface area contributed by atoms with Gasteiger partial charge in [0.2, 0.25) is 0 Å². The fraction of sp³-hybridized carbons (Fsp3) is 0.350. The highest BCUT2D eigenvalue weighted by Gasteiger charge is 2.19. The highest BCUT2D eigenvalue weighted by Crippen LogP contribution is 2.22. The maximum absolute atomic E-state index is 12.7. The van der Waals surface area contributed by atoms with E-state index in [9.17, 15) is 4.79 Å². The average molecular weight is 340 g/mol. The highest BCUT2D eigenvalue weighted by atomic mass is 16.5. The number of carbonyl (C=O) groups excluding carboxylic acids is 1. The molecule has 132 valence electrons. The third-order valence-corrected chi connectivity index (χ3v) is 4.40. The van der Waals surface area contributed by atoms with E-state index in [0.717, 1.165) is 24.3 Å². The Bertz CT molecular complexity index is 684. The lowest BCUT2D eigenvalue weighted by molar-refractivity contribution is 0.0827. The van der Waals surface area contributed by atoms with Gasteiger partial charge in [0, 0.05) is 32.4 Å². The number of amides is 1. The molecule has 0 radical (unpaired) electrons. The molecule has 1 aliphatic rings. The Balaban J connectivity index is 1.69. The molecule has 1 unspecified atom stereocenters. The first kappa shape index (κ1) is 17.5. The first-order valence-corrected chi connectivity index (χ1v) is 8.57. The molecule has 1 fully saturated rings. The molecule has 0 bridgehead atoms. The zero-order chi connectivity index (χ0) is 17.5. The number of carbonyl (C=O) groups is 1. The van der Waals surface area contributed by atoms with Gasteiger partial charge >= 0.3 is 0 Å². The number of nitrogens with one attached hydrogen (secondary N) is 1. The van der Waals surface area contributed by atoms with E-state index in [-0.39, 0.29) is 12.0 Å². The van der Waals surface area contributed by atoms with Crippen molar-refractivity contribution < 1.29 is 14.3 Å². The first-order chi connectivity index (χ1) is 12.3. The van der Waals surface area contributed by atoms with Crippen molar-refractivity contribution in [3.8, 4) is 0 Å². The number of hydrogen-bond donors (Lipinski definition) is 1. The Hall–Kier alpha value is -2.37. The van der Waals surface area contributed by atoms with Crippen LogP contribution >= 0.6 is 0 Å². The van der Waals surface area contributed by atoms with Crippen LogP contribution < -0.4 is 10.2 Å². The zero-order valence-electron chi connectivity index (χ0n) is 14.5. The van der Waals surface area contributed by atoms with Crippen LogP contribution in [0.3, 0.4) is 0 Å². The number of rotatable bonds is 6. The van der Waals surface area contributed by atoms with Crippen LogP contribution in [-0.2, 0) is 9.47 Å². The Morgan fingerprint density at radius 3 is 2.52 bits per heavy atom. The number of ether oxygens (including phenoxy) is 2. The van der Waals surface area contributed by atoms with E-state index >= 15 is 0 Å². The Morgan fingerprint density at radius 2 is 1.80 bits per heavy atom. The topological polar surface area (TPSA) is 50.8 Å². The summed E-state index contributed by atoms with van der Waals surface area (Å²) in [5, 5.41) is 3.01. The quantitative estimate of drug-likeness (QED) is 0.878. The van der Waals surface area contributed by atoms with E-state index in [1.165, 1.54) is 0 Å². The SMILES string of the molecule is COC(CNC(=O)c1ccccc1N1CCOCC1)c1ccccc1. The summed E-state index contributed by atoms with van der Waals surface area (Å²) in [5.41, 5.74) is 2.69. The smallest absolute Gasteiger partial charge is 0.253 e. The van der Waals surface area contributed by atoms with Crippen LogP contribution in [0.5, 0.6) is 0 Å². The maximum atomic E-state index is 12.7. The second-order valence-electron chi connectivity index (χ2n) is 5.96. The van der Waals surface area contributed by atoms with Gasteiger partial charge in [-0.15, -0.1) is 0 Å². The molecule has 0 saturated carbocycles. The lowest BCUT2D eigenvalue weighted by Crippen LogP contribution is -2.38. The van der Waals surface area contributed by atoms with E-state index in [1.54, 1.807) is 7.11 Å². The molecule has 0 aliphatic carbocycles. The van der Waals surface area contributed by atoms with E-state index in [1.807, 2.05) is 54.6 Å². The van der Waals surface area contributed by atoms with Crippen LogP contribution in [0.1, 0.15) is 22.0 Å². The summed E-state index contributed by atoms with van der Waals surface area (Å²) in [5.74, 6) is -0.0833. The van der Waals surface area contributed by atoms with E-state index in [4.69, 9.17) is 9.47 Å². The number of nitrogens with zero attached hydrogens (tertiary/aromatic N) is 1. The van der Waals surface area contributed by atoms with Crippen LogP contribution in [0.15, 0.2) is 54.6 Å². The van der Waals surface area contributed by atoms with Gasteiger partial charge in [-0.1, -0.05) is 42.5 Å². The summed E-state index contributed by atoms with van der Waals surface area (Å²) >= 11 is 0. The minimum Gasteiger partial charge on any atom is -0.378 e. The van der Waals surface area contributed by atoms with E-state index in [0.29, 0.717) is 25.3 Å². The molecule has 5 nitrogen and oxygen atoms in total. The molecule has 1 N–H and O–H groups in total. The molecular formula is C20H24N2O3. The highest BCUT2D eigenvalue weighted by molar-refractivity contribution is 5.99. The minimum absolute atomic E-state index is 0.0833. The summed E-state index contributed by atoms with van der Waals surface area (Å²) in [6.45, 7) is 3.41. The van der Waals surface area contributed by atoms with Crippen molar-refractivity contribution in [1.29, 1.82) is 0 Å². The van der Waals surface area contributed by atoms with E-state index < -0.39 is 0 Å². The number of methoxy groups -OCH3 is 1. The molecule has 1 amide bonds. The van der Waals surface area contributed by atoms with Gasteiger partial charge in [-0.25, -0.2) is 0 Å². The monoisotopic (exact) mass is 340 g/mol. The van der Waals surface area contributed by atoms with Crippen LogP contribution in [0.2, 0.25) is 0 Å². The molecule has 0 spiro atoms. The van der Waals surface area contributed by atoms with Crippen molar-refractivity contribution in [2.45, 2.75) is 6.10 Å². The molecule has 1 heterocycles. The molecule has 25 heavy (non-hydrogen) atoms. The molecule has 2 aromatic carbocycles. The van der Waals surface area contributed by atoms with E-state index in [2.05, 4.69) is 10.2 Å². The molecular weight excluding hydrogens is 316 g/mol. The Labute approximate surface area is 148 Å². The normalized spacial score (nSPS) is 15.6. The fourth-order valence-corrected chi connectivity index (χ4v) is 3.03. The Morgan fingerprint density at radius 1 is 1.12 bits per heavy atom. The van der Waals surface area contributed by atoms with Crippen LogP contribution in [0.4, 0.5) is 5.69 Å². The lowest BCUT2D eigenvalue weighted by Gasteiger charge is -2.30. The van der Waals surface area contributed by atoms with Crippen LogP contribution in [0, 0.1) is 0 Å². The molecule has 0 aromatic heterocycles. The van der Waals surface area contributed by atoms with Crippen molar-refractivity contribution in [3.05, 3.63) is 65.7 Å². The predicted octanol–water partition coefficient (Wildman–Crippen LogP) is 2.64. The molecule has 1 atom stereocenters. The number of morpholine rings is 1. The summed E-state index contributed by atoms with van der Waals surface area (Å²) in [7, 11) is 1.66. The average Bonchev–Trinajstić information content (AvgIpc) is 2.70. The minimum atomic E-state index is -0.166. The van der Waals surface area contributed by atoms with Gasteiger partial charge in [0.25, 0.3) is 5.91 Å². The predicted molar refractivity (Wildman–Crippen MR) is 98.0 cm³/mol. The van der Waals surface area contributed by atoms with Crippen LogP contribution in [0.25, 0.3) is 0 Å². The summed E-state index contributed by atoms with van der Waals surface area (Å²) in [6, 6.07) is 17.6. The van der Waals surface area contributed by atoms with Crippen LogP contribution in [-0.4, -0.2) is 45.9 Å². The largest absolute Gasteiger partial charge is 0.378 e. The lowest BCUT2D eigenvalue weighted by atomic mass is 10.1. The molecule has 5 heteroatoms. The standard InChI is InChI=1S/C20H24N2O3/c1-24-19(16-7-3-2-4-8-16)15-21-20(23)17-9-5-6-10-18(17)22-11-13-25-14-12-22/h2-10,19H,11-15H2,1H3,(H,21,23). The number of hydrogen-bond acceptors (Lipinski definition) is 4. The fourth-order valence-electron chi connectivity index (χ4n) is 3.03. The van der Waals surface area contributed by atoms with Gasteiger partial charge < -0.3 is 19.7 Å². The molecule has 1 saturated heterocycles. The molecule has 3 rings (SSSR count). The van der Waals surface area contributed by atoms with Crippen molar-refractivity contribution in [1.82, 2.24) is 5.32 Å². The molecule has 2 aromatic rings. The van der Waals surface area contributed by atoms with Gasteiger partial charge in [0.15, 0.2) is 0 Å². The van der Waals surface area contributed by atoms with Gasteiger partial charge in [-0.3, -0.25) is 4.79 Å². The second-order valence-corrected chi connectivity index (χ2v) is 5.96. The zero-order valence-corrected chi connectivity index (χ0v) is 14.5. The number of anilines is 1. The van der Waals surface area contributed by atoms with Crippen molar-refractivity contribution in [2.24, 2.45) is 0 Å². The number of para-hydroxylation sites is 1. The summed E-state index contributed by atoms with van der Waals surface area (Å²) < 4.78 is 10.9. The second kappa shape index (κ2) is 8.65. The van der Waals surface area contributed by atoms with Crippen molar-refractivity contribution in [3.63, 3.8) is 0 Å².